The van der Waals surface area contributed by atoms with Gasteiger partial charge in [-0.1, -0.05) is 23.7 Å². The van der Waals surface area contributed by atoms with Gasteiger partial charge in [-0.3, -0.25) is 4.68 Å². The van der Waals surface area contributed by atoms with Crippen LogP contribution in [0.5, 0.6) is 0 Å². The number of nitrogens with one attached hydrogen (secondary N) is 2. The molecule has 6 nitrogen and oxygen atoms in total. The first-order chi connectivity index (χ1) is 13.8. The molecule has 0 unspecified atom stereocenters. The maximum Gasteiger partial charge on any atom is 0.340 e. The molecule has 0 spiro atoms. The Labute approximate surface area is 183 Å². The molecule has 2 N–H and O–H groups in total. The highest BCUT2D eigenvalue weighted by Gasteiger charge is 2.18. The zero-order chi connectivity index (χ0) is 21.1. The molecule has 0 aliphatic carbocycles. The van der Waals surface area contributed by atoms with Gasteiger partial charge < -0.3 is 15.4 Å². The second-order valence-corrected chi connectivity index (χ2v) is 8.60. The molecule has 0 amide bonds. The molecule has 0 bridgehead atoms. The van der Waals surface area contributed by atoms with Crippen LogP contribution in [0.1, 0.15) is 32.2 Å². The van der Waals surface area contributed by atoms with Crippen molar-refractivity contribution in [1.82, 2.24) is 9.78 Å². The number of thiocarbonyl (C=S) groups is 1. The quantitative estimate of drug-likeness (QED) is 0.414. The van der Waals surface area contributed by atoms with Crippen LogP contribution in [0.4, 0.5) is 10.7 Å². The second kappa shape index (κ2) is 8.94. The predicted octanol–water partition coefficient (Wildman–Crippen LogP) is 5.17. The van der Waals surface area contributed by atoms with Crippen molar-refractivity contribution < 1.29 is 9.53 Å². The summed E-state index contributed by atoms with van der Waals surface area (Å²) in [6.45, 7) is 6.46. The average Bonchev–Trinajstić information content (AvgIpc) is 3.17. The number of anilines is 2. The summed E-state index contributed by atoms with van der Waals surface area (Å²) in [5, 5.41) is 12.7. The van der Waals surface area contributed by atoms with E-state index in [-0.39, 0.29) is 0 Å². The SMILES string of the molecule is COC(=O)c1cc(C)sc1NC(=S)Nc1c(C)nn(Cc2ccc(Cl)cc2)c1C. The number of hydrogen-bond acceptors (Lipinski definition) is 5. The van der Waals surface area contributed by atoms with Crippen LogP contribution in [0.15, 0.2) is 30.3 Å². The first kappa shape index (κ1) is 21.3. The Hall–Kier alpha value is -2.42. The van der Waals surface area contributed by atoms with Crippen LogP contribution < -0.4 is 10.6 Å². The van der Waals surface area contributed by atoms with E-state index in [0.29, 0.717) is 27.2 Å². The maximum absolute atomic E-state index is 12.0. The number of thiophene rings is 1. The van der Waals surface area contributed by atoms with Crippen molar-refractivity contribution in [2.24, 2.45) is 0 Å². The van der Waals surface area contributed by atoms with Gasteiger partial charge in [-0.25, -0.2) is 4.79 Å². The fraction of sp³-hybridized carbons (Fsp3) is 0.250. The number of ether oxygens (including phenoxy) is 1. The molecular formula is C20H21ClN4O2S2. The van der Waals surface area contributed by atoms with Gasteiger partial charge in [0.1, 0.15) is 5.00 Å². The summed E-state index contributed by atoms with van der Waals surface area (Å²) < 4.78 is 6.75. The number of nitrogens with zero attached hydrogens (tertiary/aromatic N) is 2. The molecule has 29 heavy (non-hydrogen) atoms. The Bertz CT molecular complexity index is 1060. The molecule has 152 valence electrons. The van der Waals surface area contributed by atoms with Gasteiger partial charge in [0, 0.05) is 9.90 Å². The number of esters is 1. The minimum atomic E-state index is -0.400. The number of carbonyl (C=O) groups is 1. The molecule has 0 aliphatic rings. The van der Waals surface area contributed by atoms with Gasteiger partial charge in [0.2, 0.25) is 0 Å². The van der Waals surface area contributed by atoms with Crippen molar-refractivity contribution in [3.8, 4) is 0 Å². The van der Waals surface area contributed by atoms with Crippen LogP contribution in [0.3, 0.4) is 0 Å². The molecule has 3 rings (SSSR count). The van der Waals surface area contributed by atoms with E-state index in [9.17, 15) is 4.79 Å². The number of rotatable bonds is 5. The molecule has 0 atom stereocenters. The van der Waals surface area contributed by atoms with Gasteiger partial charge in [-0.2, -0.15) is 5.10 Å². The van der Waals surface area contributed by atoms with Crippen LogP contribution >= 0.6 is 35.2 Å². The summed E-state index contributed by atoms with van der Waals surface area (Å²) in [6.07, 6.45) is 0. The topological polar surface area (TPSA) is 68.2 Å². The van der Waals surface area contributed by atoms with E-state index in [1.807, 2.05) is 49.7 Å². The van der Waals surface area contributed by atoms with Crippen molar-refractivity contribution in [1.29, 1.82) is 0 Å². The molecule has 0 aliphatic heterocycles. The Kier molecular flexibility index (Phi) is 6.56. The van der Waals surface area contributed by atoms with E-state index in [1.54, 1.807) is 6.07 Å². The standard InChI is InChI=1S/C20H21ClN4O2S2/c1-11-9-16(19(26)27-4)18(29-11)23-20(28)22-17-12(2)24-25(13(17)3)10-14-5-7-15(21)8-6-14/h5-9H,10H2,1-4H3,(H2,22,23,28). The fourth-order valence-electron chi connectivity index (χ4n) is 2.91. The third kappa shape index (κ3) is 4.95. The van der Waals surface area contributed by atoms with Crippen molar-refractivity contribution >= 4 is 56.9 Å². The summed E-state index contributed by atoms with van der Waals surface area (Å²) in [5.41, 5.74) is 4.19. The lowest BCUT2D eigenvalue weighted by Gasteiger charge is -2.11. The highest BCUT2D eigenvalue weighted by molar-refractivity contribution is 7.80. The molecule has 1 aromatic carbocycles. The monoisotopic (exact) mass is 448 g/mol. The van der Waals surface area contributed by atoms with Crippen LogP contribution in [0, 0.1) is 20.8 Å². The predicted molar refractivity (Wildman–Crippen MR) is 122 cm³/mol. The molecule has 0 radical (unpaired) electrons. The maximum atomic E-state index is 12.0. The average molecular weight is 449 g/mol. The van der Waals surface area contributed by atoms with E-state index < -0.39 is 5.97 Å². The first-order valence-electron chi connectivity index (χ1n) is 8.83. The smallest absolute Gasteiger partial charge is 0.340 e. The fourth-order valence-corrected chi connectivity index (χ4v) is 4.21. The normalized spacial score (nSPS) is 10.7. The van der Waals surface area contributed by atoms with Crippen LogP contribution in [-0.2, 0) is 11.3 Å². The van der Waals surface area contributed by atoms with Gasteiger partial charge in [0.25, 0.3) is 0 Å². The summed E-state index contributed by atoms with van der Waals surface area (Å²) in [6, 6.07) is 9.46. The molecule has 2 heterocycles. The van der Waals surface area contributed by atoms with E-state index >= 15 is 0 Å². The van der Waals surface area contributed by atoms with Gasteiger partial charge in [-0.15, -0.1) is 11.3 Å². The lowest BCUT2D eigenvalue weighted by molar-refractivity contribution is 0.0602. The van der Waals surface area contributed by atoms with Crippen LogP contribution in [-0.4, -0.2) is 28.0 Å². The van der Waals surface area contributed by atoms with Crippen LogP contribution in [0.2, 0.25) is 5.02 Å². The number of hydrogen-bond donors (Lipinski definition) is 2. The van der Waals surface area contributed by atoms with Crippen LogP contribution in [0.25, 0.3) is 0 Å². The van der Waals surface area contributed by atoms with Gasteiger partial charge >= 0.3 is 5.97 Å². The third-order valence-electron chi connectivity index (χ3n) is 4.35. The summed E-state index contributed by atoms with van der Waals surface area (Å²) in [4.78, 5) is 12.9. The molecule has 2 aromatic heterocycles. The summed E-state index contributed by atoms with van der Waals surface area (Å²) in [5.74, 6) is -0.400. The largest absolute Gasteiger partial charge is 0.465 e. The lowest BCUT2D eigenvalue weighted by Crippen LogP contribution is -2.20. The minimum absolute atomic E-state index is 0.384. The minimum Gasteiger partial charge on any atom is -0.465 e. The van der Waals surface area contributed by atoms with E-state index in [2.05, 4.69) is 15.7 Å². The number of methoxy groups -OCH3 is 1. The molecule has 3 aromatic rings. The van der Waals surface area contributed by atoms with Crippen molar-refractivity contribution in [3.63, 3.8) is 0 Å². The Morgan fingerprint density at radius 1 is 1.24 bits per heavy atom. The lowest BCUT2D eigenvalue weighted by atomic mass is 10.2. The van der Waals surface area contributed by atoms with E-state index in [4.69, 9.17) is 28.6 Å². The van der Waals surface area contributed by atoms with E-state index in [0.717, 1.165) is 27.5 Å². The highest BCUT2D eigenvalue weighted by Crippen LogP contribution is 2.29. The Morgan fingerprint density at radius 3 is 2.59 bits per heavy atom. The Balaban J connectivity index is 1.75. The van der Waals surface area contributed by atoms with Crippen molar-refractivity contribution in [3.05, 3.63) is 62.7 Å². The van der Waals surface area contributed by atoms with Gasteiger partial charge in [-0.05, 0) is 56.8 Å². The van der Waals surface area contributed by atoms with E-state index in [1.165, 1.54) is 18.4 Å². The third-order valence-corrected chi connectivity index (χ3v) is 5.78. The molecule has 0 saturated carbocycles. The zero-order valence-corrected chi connectivity index (χ0v) is 18.9. The van der Waals surface area contributed by atoms with Crippen molar-refractivity contribution in [2.75, 3.05) is 17.7 Å². The molecule has 9 heteroatoms. The molecule has 0 saturated heterocycles. The summed E-state index contributed by atoms with van der Waals surface area (Å²) in [7, 11) is 1.36. The Morgan fingerprint density at radius 2 is 1.93 bits per heavy atom. The number of aromatic nitrogens is 2. The number of benzene rings is 1. The zero-order valence-electron chi connectivity index (χ0n) is 16.5. The second-order valence-electron chi connectivity index (χ2n) is 6.50. The summed E-state index contributed by atoms with van der Waals surface area (Å²) >= 11 is 12.9. The van der Waals surface area contributed by atoms with Crippen molar-refractivity contribution in [2.45, 2.75) is 27.3 Å². The van der Waals surface area contributed by atoms with Gasteiger partial charge in [0.15, 0.2) is 5.11 Å². The highest BCUT2D eigenvalue weighted by atomic mass is 35.5. The molecular weight excluding hydrogens is 428 g/mol. The van der Waals surface area contributed by atoms with Gasteiger partial charge in [0.05, 0.1) is 36.3 Å². The molecule has 0 fully saturated rings. The number of carbonyl (C=O) groups excluding carboxylic acids is 1. The number of halogens is 1. The number of aryl methyl sites for hydroxylation is 2. The first-order valence-corrected chi connectivity index (χ1v) is 10.4.